The molecule has 1 aliphatic rings. The van der Waals surface area contributed by atoms with Crippen LogP contribution in [0.15, 0.2) is 77.7 Å². The fraction of sp³-hybridized carbons (Fsp3) is 0.136. The van der Waals surface area contributed by atoms with Gasteiger partial charge in [0, 0.05) is 18.1 Å². The van der Waals surface area contributed by atoms with Gasteiger partial charge in [-0.3, -0.25) is 4.79 Å². The van der Waals surface area contributed by atoms with Crippen LogP contribution in [0.1, 0.15) is 17.9 Å². The van der Waals surface area contributed by atoms with E-state index in [-0.39, 0.29) is 17.1 Å². The lowest BCUT2D eigenvalue weighted by atomic mass is 10.1. The van der Waals surface area contributed by atoms with E-state index in [0.29, 0.717) is 15.8 Å². The Morgan fingerprint density at radius 2 is 1.68 bits per heavy atom. The van der Waals surface area contributed by atoms with Crippen molar-refractivity contribution in [2.24, 2.45) is 0 Å². The SMILES string of the molecule is O=C(O)[C@@]1(NS(=O)(=O)c2cccc(Oc3ccc(Cl)c(Cl)c3)c2)C[C@H]1c1ccccc1. The molecule has 3 aromatic rings. The van der Waals surface area contributed by atoms with Gasteiger partial charge in [0.05, 0.1) is 14.9 Å². The van der Waals surface area contributed by atoms with Crippen LogP contribution in [0.3, 0.4) is 0 Å². The van der Waals surface area contributed by atoms with Crippen LogP contribution in [0, 0.1) is 0 Å². The van der Waals surface area contributed by atoms with Crippen molar-refractivity contribution in [3.63, 3.8) is 0 Å². The van der Waals surface area contributed by atoms with Gasteiger partial charge in [-0.15, -0.1) is 0 Å². The van der Waals surface area contributed by atoms with Crippen molar-refractivity contribution < 1.29 is 23.1 Å². The van der Waals surface area contributed by atoms with E-state index in [9.17, 15) is 18.3 Å². The Labute approximate surface area is 189 Å². The van der Waals surface area contributed by atoms with E-state index >= 15 is 0 Å². The number of benzene rings is 3. The van der Waals surface area contributed by atoms with Gasteiger partial charge < -0.3 is 9.84 Å². The molecule has 3 aromatic carbocycles. The lowest BCUT2D eigenvalue weighted by Crippen LogP contribution is -2.44. The third-order valence-electron chi connectivity index (χ3n) is 5.10. The van der Waals surface area contributed by atoms with Gasteiger partial charge in [0.25, 0.3) is 0 Å². The lowest BCUT2D eigenvalue weighted by molar-refractivity contribution is -0.140. The number of carboxylic acid groups (broad SMARTS) is 1. The van der Waals surface area contributed by atoms with Crippen LogP contribution in [0.4, 0.5) is 0 Å². The number of carbonyl (C=O) groups is 1. The van der Waals surface area contributed by atoms with E-state index in [0.717, 1.165) is 5.56 Å². The van der Waals surface area contributed by atoms with Crippen LogP contribution in [-0.2, 0) is 14.8 Å². The number of aliphatic carboxylic acids is 1. The molecule has 2 atom stereocenters. The van der Waals surface area contributed by atoms with E-state index in [1.807, 2.05) is 6.07 Å². The van der Waals surface area contributed by atoms with Crippen LogP contribution in [0.25, 0.3) is 0 Å². The summed E-state index contributed by atoms with van der Waals surface area (Å²) in [6.45, 7) is 0. The summed E-state index contributed by atoms with van der Waals surface area (Å²) in [5, 5.41) is 10.4. The second-order valence-corrected chi connectivity index (χ2v) is 9.70. The van der Waals surface area contributed by atoms with E-state index in [1.165, 1.54) is 24.3 Å². The largest absolute Gasteiger partial charge is 0.480 e. The van der Waals surface area contributed by atoms with E-state index in [2.05, 4.69) is 4.72 Å². The highest BCUT2D eigenvalue weighted by Gasteiger charge is 2.63. The quantitative estimate of drug-likeness (QED) is 0.495. The van der Waals surface area contributed by atoms with Gasteiger partial charge in [-0.05, 0) is 36.2 Å². The molecule has 0 unspecified atom stereocenters. The predicted octanol–water partition coefficient (Wildman–Crippen LogP) is 5.07. The molecular formula is C22H17Cl2NO5S. The molecule has 6 nitrogen and oxygen atoms in total. The Morgan fingerprint density at radius 1 is 0.968 bits per heavy atom. The van der Waals surface area contributed by atoms with Gasteiger partial charge in [0.15, 0.2) is 0 Å². The van der Waals surface area contributed by atoms with Crippen molar-refractivity contribution >= 4 is 39.2 Å². The summed E-state index contributed by atoms with van der Waals surface area (Å²) in [7, 11) is -4.13. The molecule has 1 fully saturated rings. The van der Waals surface area contributed by atoms with Crippen LogP contribution in [-0.4, -0.2) is 25.0 Å². The highest BCUT2D eigenvalue weighted by molar-refractivity contribution is 7.89. The number of carboxylic acids is 1. The van der Waals surface area contributed by atoms with Gasteiger partial charge in [-0.25, -0.2) is 8.42 Å². The number of nitrogens with one attached hydrogen (secondary N) is 1. The molecule has 0 saturated heterocycles. The van der Waals surface area contributed by atoms with Crippen LogP contribution < -0.4 is 9.46 Å². The fourth-order valence-corrected chi connectivity index (χ4v) is 5.15. The molecule has 31 heavy (non-hydrogen) atoms. The first-order chi connectivity index (χ1) is 14.7. The number of rotatable bonds is 7. The second-order valence-electron chi connectivity index (χ2n) is 7.20. The van der Waals surface area contributed by atoms with Gasteiger partial charge in [-0.1, -0.05) is 59.6 Å². The van der Waals surface area contributed by atoms with E-state index < -0.39 is 27.4 Å². The summed E-state index contributed by atoms with van der Waals surface area (Å²) < 4.78 is 34.1. The van der Waals surface area contributed by atoms with Crippen molar-refractivity contribution in [3.05, 3.63) is 88.4 Å². The summed E-state index contributed by atoms with van der Waals surface area (Å²) in [6, 6.07) is 19.4. The molecule has 0 amide bonds. The number of hydrogen-bond acceptors (Lipinski definition) is 4. The molecule has 4 rings (SSSR count). The van der Waals surface area contributed by atoms with Crippen LogP contribution in [0.5, 0.6) is 11.5 Å². The van der Waals surface area contributed by atoms with Crippen molar-refractivity contribution in [2.75, 3.05) is 0 Å². The van der Waals surface area contributed by atoms with E-state index in [1.54, 1.807) is 42.5 Å². The molecule has 1 saturated carbocycles. The monoisotopic (exact) mass is 477 g/mol. The van der Waals surface area contributed by atoms with Crippen molar-refractivity contribution in [1.29, 1.82) is 0 Å². The van der Waals surface area contributed by atoms with Gasteiger partial charge in [0.1, 0.15) is 17.0 Å². The topological polar surface area (TPSA) is 92.7 Å². The molecular weight excluding hydrogens is 461 g/mol. The average Bonchev–Trinajstić information content (AvgIpc) is 3.46. The van der Waals surface area contributed by atoms with E-state index in [4.69, 9.17) is 27.9 Å². The third kappa shape index (κ3) is 4.41. The van der Waals surface area contributed by atoms with Crippen LogP contribution in [0.2, 0.25) is 10.0 Å². The molecule has 0 heterocycles. The zero-order chi connectivity index (χ0) is 22.2. The maximum absolute atomic E-state index is 13.0. The number of ether oxygens (including phenoxy) is 1. The Balaban J connectivity index is 1.58. The minimum absolute atomic E-state index is 0.107. The molecule has 2 N–H and O–H groups in total. The lowest BCUT2D eigenvalue weighted by Gasteiger charge is -2.16. The van der Waals surface area contributed by atoms with Gasteiger partial charge in [-0.2, -0.15) is 4.72 Å². The summed E-state index contributed by atoms with van der Waals surface area (Å²) in [5.41, 5.74) is -0.815. The molecule has 0 bridgehead atoms. The Morgan fingerprint density at radius 3 is 2.35 bits per heavy atom. The van der Waals surface area contributed by atoms with Crippen molar-refractivity contribution in [2.45, 2.75) is 22.8 Å². The predicted molar refractivity (Wildman–Crippen MR) is 117 cm³/mol. The molecule has 160 valence electrons. The normalized spacial score (nSPS) is 20.3. The number of sulfonamides is 1. The first-order valence-corrected chi connectivity index (χ1v) is 11.5. The number of halogens is 2. The summed E-state index contributed by atoms with van der Waals surface area (Å²) in [4.78, 5) is 11.9. The molecule has 0 aliphatic heterocycles. The van der Waals surface area contributed by atoms with Crippen molar-refractivity contribution in [1.82, 2.24) is 4.72 Å². The van der Waals surface area contributed by atoms with Crippen molar-refractivity contribution in [3.8, 4) is 11.5 Å². The fourth-order valence-electron chi connectivity index (χ4n) is 3.42. The maximum Gasteiger partial charge on any atom is 0.325 e. The second kappa shape index (κ2) is 8.16. The zero-order valence-electron chi connectivity index (χ0n) is 16.0. The summed E-state index contributed by atoms with van der Waals surface area (Å²) in [5.74, 6) is -1.03. The Kier molecular flexibility index (Phi) is 5.70. The summed E-state index contributed by atoms with van der Waals surface area (Å²) >= 11 is 11.9. The maximum atomic E-state index is 13.0. The number of hydrogen-bond donors (Lipinski definition) is 2. The van der Waals surface area contributed by atoms with Crippen LogP contribution >= 0.6 is 23.2 Å². The first-order valence-electron chi connectivity index (χ1n) is 9.26. The third-order valence-corrected chi connectivity index (χ3v) is 7.35. The average molecular weight is 478 g/mol. The standard InChI is InChI=1S/C22H17Cl2NO5S/c23-19-10-9-16(12-20(19)24)30-15-7-4-8-17(11-15)31(28,29)25-22(21(26)27)13-18(22)14-5-2-1-3-6-14/h1-12,18,25H,13H2,(H,26,27)/t18-,22+/m0/s1. The minimum atomic E-state index is -4.13. The molecule has 1 aliphatic carbocycles. The molecule has 9 heteroatoms. The Hall–Kier alpha value is -2.58. The summed E-state index contributed by atoms with van der Waals surface area (Å²) in [6.07, 6.45) is 0.172. The molecule has 0 spiro atoms. The zero-order valence-corrected chi connectivity index (χ0v) is 18.3. The Bertz CT molecular complexity index is 1250. The van der Waals surface area contributed by atoms with Gasteiger partial charge in [0.2, 0.25) is 10.0 Å². The highest BCUT2D eigenvalue weighted by Crippen LogP contribution is 2.52. The first kappa shape index (κ1) is 21.6. The molecule has 0 radical (unpaired) electrons. The smallest absolute Gasteiger partial charge is 0.325 e. The van der Waals surface area contributed by atoms with Gasteiger partial charge >= 0.3 is 5.97 Å². The highest BCUT2D eigenvalue weighted by atomic mass is 35.5. The minimum Gasteiger partial charge on any atom is -0.480 e. The molecule has 0 aromatic heterocycles.